The molecule has 0 saturated carbocycles. The molecule has 1 aromatic heterocycles. The zero-order valence-corrected chi connectivity index (χ0v) is 24.3. The number of nitrogens with zero attached hydrogens (tertiary/aromatic N) is 3. The molecule has 2 atom stereocenters. The number of fused-ring (bicyclic) bond motifs is 1. The number of rotatable bonds is 8. The number of thiazole rings is 1. The summed E-state index contributed by atoms with van der Waals surface area (Å²) in [4.78, 5) is 26.2. The summed E-state index contributed by atoms with van der Waals surface area (Å²) in [6.07, 6.45) is 0.333. The Hall–Kier alpha value is -3.53. The Morgan fingerprint density at radius 1 is 1.12 bits per heavy atom. The van der Waals surface area contributed by atoms with Crippen LogP contribution in [0, 0.1) is 6.92 Å². The maximum Gasteiger partial charge on any atom is 0.260 e. The highest BCUT2D eigenvalue weighted by atomic mass is 79.9. The number of ether oxygens (including phenoxy) is 2. The van der Waals surface area contributed by atoms with Crippen LogP contribution < -0.4 is 9.64 Å². The lowest BCUT2D eigenvalue weighted by atomic mass is 9.78. The lowest BCUT2D eigenvalue weighted by Gasteiger charge is -2.40. The second-order valence-corrected chi connectivity index (χ2v) is 11.8. The molecule has 204 valence electrons. The average Bonchev–Trinajstić information content (AvgIpc) is 3.56. The molecule has 0 aliphatic carbocycles. The monoisotopic (exact) mass is 617 g/mol. The van der Waals surface area contributed by atoms with Gasteiger partial charge < -0.3 is 19.5 Å². The fraction of sp³-hybridized carbons (Fsp3) is 0.258. The molecule has 1 amide bonds. The number of aryl methyl sites for hydroxylation is 1. The van der Waals surface area contributed by atoms with E-state index in [2.05, 4.69) is 27.0 Å². The number of anilines is 1. The molecular formula is C31H28BrN3O4S. The number of aliphatic imine (C=N–C) groups is 1. The van der Waals surface area contributed by atoms with Gasteiger partial charge in [0.25, 0.3) is 5.91 Å². The van der Waals surface area contributed by atoms with E-state index in [4.69, 9.17) is 19.6 Å². The smallest absolute Gasteiger partial charge is 0.260 e. The number of aliphatic hydroxyl groups excluding tert-OH is 1. The molecule has 6 rings (SSSR count). The Kier molecular flexibility index (Phi) is 7.44. The van der Waals surface area contributed by atoms with Crippen LogP contribution in [0.15, 0.2) is 87.6 Å². The highest BCUT2D eigenvalue weighted by Gasteiger charge is 2.57. The summed E-state index contributed by atoms with van der Waals surface area (Å²) >= 11 is 5.27. The minimum Gasteiger partial charge on any atom is -0.494 e. The lowest BCUT2D eigenvalue weighted by Crippen LogP contribution is -2.55. The van der Waals surface area contributed by atoms with Gasteiger partial charge in [-0.25, -0.2) is 9.98 Å². The van der Waals surface area contributed by atoms with Crippen molar-refractivity contribution < 1.29 is 19.4 Å². The van der Waals surface area contributed by atoms with Gasteiger partial charge >= 0.3 is 0 Å². The molecule has 1 N–H and O–H groups in total. The molecule has 7 nitrogen and oxygen atoms in total. The van der Waals surface area contributed by atoms with Gasteiger partial charge in [0.1, 0.15) is 5.75 Å². The molecule has 2 aliphatic rings. The number of carbonyl (C=O) groups excluding carboxylic acids is 1. The number of aromatic nitrogens is 1. The maximum absolute atomic E-state index is 14.7. The molecule has 0 bridgehead atoms. The third kappa shape index (κ3) is 4.93. The molecule has 0 saturated heterocycles. The first-order valence-electron chi connectivity index (χ1n) is 13.1. The summed E-state index contributed by atoms with van der Waals surface area (Å²) in [5.74, 6) is 0.997. The quantitative estimate of drug-likeness (QED) is 0.244. The molecule has 0 fully saturated rings. The summed E-state index contributed by atoms with van der Waals surface area (Å²) in [6, 6.07) is 23.3. The van der Waals surface area contributed by atoms with Crippen LogP contribution in [-0.4, -0.2) is 40.6 Å². The number of halogens is 1. The predicted octanol–water partition coefficient (Wildman–Crippen LogP) is 6.02. The highest BCUT2D eigenvalue weighted by molar-refractivity contribution is 9.10. The number of carbonyl (C=O) groups is 1. The molecule has 0 unspecified atom stereocenters. The standard InChI is InChI=1S/C31H28BrN3O4S/c1-20-33-23(19-40-20)18-35-27-10-5-2-7-22(27)17-31(30(35)37)28(25-8-3-4-9-26(25)32)39-29(34-31)21-11-13-24(14-12-21)38-16-6-15-36/h2-5,7-14,19,28,36H,6,15-18H2,1H3/t28-,31-/m1/s1. The maximum atomic E-state index is 14.7. The van der Waals surface area contributed by atoms with Crippen molar-refractivity contribution in [2.75, 3.05) is 18.1 Å². The van der Waals surface area contributed by atoms with Crippen LogP contribution in [0.3, 0.4) is 0 Å². The third-order valence-corrected chi connectivity index (χ3v) is 8.71. The minimum absolute atomic E-state index is 0.0809. The van der Waals surface area contributed by atoms with Crippen LogP contribution in [0.2, 0.25) is 0 Å². The number of para-hydroxylation sites is 1. The molecule has 3 heterocycles. The first kappa shape index (κ1) is 26.7. The van der Waals surface area contributed by atoms with Crippen LogP contribution in [0.5, 0.6) is 5.75 Å². The molecule has 1 spiro atoms. The van der Waals surface area contributed by atoms with Crippen LogP contribution in [0.4, 0.5) is 5.69 Å². The van der Waals surface area contributed by atoms with Crippen LogP contribution in [-0.2, 0) is 22.5 Å². The van der Waals surface area contributed by atoms with Crippen molar-refractivity contribution in [1.29, 1.82) is 0 Å². The van der Waals surface area contributed by atoms with Crippen molar-refractivity contribution in [3.05, 3.63) is 110 Å². The number of benzene rings is 3. The van der Waals surface area contributed by atoms with Gasteiger partial charge in [-0.05, 0) is 48.9 Å². The van der Waals surface area contributed by atoms with Crippen molar-refractivity contribution in [2.24, 2.45) is 4.99 Å². The zero-order valence-electron chi connectivity index (χ0n) is 21.9. The van der Waals surface area contributed by atoms with E-state index in [1.54, 1.807) is 11.3 Å². The zero-order chi connectivity index (χ0) is 27.7. The Bertz CT molecular complexity index is 1570. The fourth-order valence-corrected chi connectivity index (χ4v) is 6.39. The Balaban J connectivity index is 1.44. The third-order valence-electron chi connectivity index (χ3n) is 7.17. The lowest BCUT2D eigenvalue weighted by molar-refractivity contribution is -0.127. The van der Waals surface area contributed by atoms with Gasteiger partial charge in [0.15, 0.2) is 11.6 Å². The molecule has 0 radical (unpaired) electrons. The van der Waals surface area contributed by atoms with Gasteiger partial charge in [0.05, 0.1) is 23.9 Å². The average molecular weight is 619 g/mol. The summed E-state index contributed by atoms with van der Waals surface area (Å²) in [7, 11) is 0. The number of hydrogen-bond donors (Lipinski definition) is 1. The SMILES string of the molecule is Cc1nc(CN2C(=O)[C@]3(Cc4ccccc42)N=C(c2ccc(OCCCO)cc2)O[C@@H]3c2ccccc2Br)cs1. The second-order valence-electron chi connectivity index (χ2n) is 9.87. The van der Waals surface area contributed by atoms with E-state index >= 15 is 0 Å². The Morgan fingerprint density at radius 3 is 2.65 bits per heavy atom. The Labute approximate surface area is 245 Å². The molecule has 4 aromatic rings. The summed E-state index contributed by atoms with van der Waals surface area (Å²) in [5, 5.41) is 12.0. The predicted molar refractivity (Wildman–Crippen MR) is 159 cm³/mol. The van der Waals surface area contributed by atoms with Gasteiger partial charge in [0.2, 0.25) is 5.90 Å². The van der Waals surface area contributed by atoms with E-state index in [9.17, 15) is 4.79 Å². The van der Waals surface area contributed by atoms with Gasteiger partial charge in [-0.1, -0.05) is 52.3 Å². The summed E-state index contributed by atoms with van der Waals surface area (Å²) < 4.78 is 13.2. The minimum atomic E-state index is -1.20. The van der Waals surface area contributed by atoms with Crippen molar-refractivity contribution in [2.45, 2.75) is 38.0 Å². The topological polar surface area (TPSA) is 84.3 Å². The van der Waals surface area contributed by atoms with E-state index < -0.39 is 11.6 Å². The van der Waals surface area contributed by atoms with E-state index in [-0.39, 0.29) is 12.5 Å². The van der Waals surface area contributed by atoms with Crippen molar-refractivity contribution >= 4 is 44.8 Å². The largest absolute Gasteiger partial charge is 0.494 e. The highest BCUT2D eigenvalue weighted by Crippen LogP contribution is 2.49. The van der Waals surface area contributed by atoms with E-state index in [1.165, 1.54) is 0 Å². The van der Waals surface area contributed by atoms with Gasteiger partial charge in [0, 0.05) is 46.1 Å². The second kappa shape index (κ2) is 11.2. The van der Waals surface area contributed by atoms with Crippen molar-refractivity contribution in [3.8, 4) is 5.75 Å². The number of hydrogen-bond acceptors (Lipinski definition) is 7. The molecule has 3 aromatic carbocycles. The molecule has 40 heavy (non-hydrogen) atoms. The normalized spacial score (nSPS) is 19.9. The van der Waals surface area contributed by atoms with Crippen LogP contribution in [0.25, 0.3) is 0 Å². The van der Waals surface area contributed by atoms with E-state index in [1.807, 2.05) is 83.9 Å². The van der Waals surface area contributed by atoms with Crippen molar-refractivity contribution in [3.63, 3.8) is 0 Å². The molecule has 2 aliphatic heterocycles. The molecular weight excluding hydrogens is 590 g/mol. The first-order chi connectivity index (χ1) is 19.5. The van der Waals surface area contributed by atoms with Crippen molar-refractivity contribution in [1.82, 2.24) is 4.98 Å². The van der Waals surface area contributed by atoms with E-state index in [0.29, 0.717) is 37.6 Å². The molecule has 9 heteroatoms. The van der Waals surface area contributed by atoms with Gasteiger partial charge in [-0.3, -0.25) is 4.79 Å². The van der Waals surface area contributed by atoms with Crippen LogP contribution >= 0.6 is 27.3 Å². The van der Waals surface area contributed by atoms with Crippen LogP contribution in [0.1, 0.15) is 39.9 Å². The van der Waals surface area contributed by atoms with Gasteiger partial charge in [-0.2, -0.15) is 0 Å². The van der Waals surface area contributed by atoms with E-state index in [0.717, 1.165) is 37.6 Å². The Morgan fingerprint density at radius 2 is 1.90 bits per heavy atom. The summed E-state index contributed by atoms with van der Waals surface area (Å²) in [6.45, 7) is 2.84. The first-order valence-corrected chi connectivity index (χ1v) is 14.8. The summed E-state index contributed by atoms with van der Waals surface area (Å²) in [5.41, 5.74) is 3.18. The fourth-order valence-electron chi connectivity index (χ4n) is 5.29. The number of amides is 1. The van der Waals surface area contributed by atoms with Gasteiger partial charge in [-0.15, -0.1) is 11.3 Å². The number of aliphatic hydroxyl groups is 1.